The molecule has 0 amide bonds. The highest BCUT2D eigenvalue weighted by Gasteiger charge is 2.17. The van der Waals surface area contributed by atoms with Crippen LogP contribution in [0.3, 0.4) is 0 Å². The van der Waals surface area contributed by atoms with Gasteiger partial charge in [0.15, 0.2) is 0 Å². The highest BCUT2D eigenvalue weighted by atomic mass is 16.5. The van der Waals surface area contributed by atoms with Crippen molar-refractivity contribution in [2.24, 2.45) is 0 Å². The van der Waals surface area contributed by atoms with Gasteiger partial charge in [0.1, 0.15) is 0 Å². The SMILES string of the molecule is COCC(C)OCC(O)CNc1ccc(C2CCOC2)cc1. The number of anilines is 1. The molecule has 2 rings (SSSR count). The van der Waals surface area contributed by atoms with Crippen molar-refractivity contribution in [1.82, 2.24) is 0 Å². The molecule has 5 nitrogen and oxygen atoms in total. The lowest BCUT2D eigenvalue weighted by Gasteiger charge is -2.17. The summed E-state index contributed by atoms with van der Waals surface area (Å²) in [6.45, 7) is 4.91. The minimum atomic E-state index is -0.540. The molecule has 1 saturated heterocycles. The summed E-state index contributed by atoms with van der Waals surface area (Å²) < 4.78 is 15.9. The molecular formula is C17H27NO4. The van der Waals surface area contributed by atoms with Crippen molar-refractivity contribution in [2.45, 2.75) is 31.5 Å². The van der Waals surface area contributed by atoms with Gasteiger partial charge in [-0.25, -0.2) is 0 Å². The summed E-state index contributed by atoms with van der Waals surface area (Å²) in [6, 6.07) is 8.36. The molecule has 2 N–H and O–H groups in total. The Morgan fingerprint density at radius 3 is 2.73 bits per heavy atom. The summed E-state index contributed by atoms with van der Waals surface area (Å²) in [7, 11) is 1.64. The van der Waals surface area contributed by atoms with E-state index < -0.39 is 6.10 Å². The topological polar surface area (TPSA) is 60.0 Å². The van der Waals surface area contributed by atoms with Gasteiger partial charge < -0.3 is 24.6 Å². The highest BCUT2D eigenvalue weighted by Crippen LogP contribution is 2.26. The van der Waals surface area contributed by atoms with Crippen molar-refractivity contribution < 1.29 is 19.3 Å². The molecule has 1 aliphatic heterocycles. The van der Waals surface area contributed by atoms with E-state index in [1.165, 1.54) is 5.56 Å². The molecule has 22 heavy (non-hydrogen) atoms. The predicted octanol–water partition coefficient (Wildman–Crippen LogP) is 2.01. The zero-order valence-corrected chi connectivity index (χ0v) is 13.5. The van der Waals surface area contributed by atoms with Crippen molar-refractivity contribution >= 4 is 5.69 Å². The number of rotatable bonds is 9. The number of hydrogen-bond acceptors (Lipinski definition) is 5. The Morgan fingerprint density at radius 1 is 1.32 bits per heavy atom. The average molecular weight is 309 g/mol. The molecule has 0 saturated carbocycles. The van der Waals surface area contributed by atoms with Crippen LogP contribution in [0.5, 0.6) is 0 Å². The lowest BCUT2D eigenvalue weighted by molar-refractivity contribution is -0.0282. The standard InChI is InChI=1S/C17H27NO4/c1-13(10-20-2)22-12-17(19)9-18-16-5-3-14(4-6-16)15-7-8-21-11-15/h3-6,13,15,17-19H,7-12H2,1-2H3. The van der Waals surface area contributed by atoms with E-state index in [-0.39, 0.29) is 6.10 Å². The molecule has 0 bridgehead atoms. The second kappa shape index (κ2) is 9.10. The average Bonchev–Trinajstić information content (AvgIpc) is 3.06. The first kappa shape index (κ1) is 17.2. The maximum Gasteiger partial charge on any atom is 0.0945 e. The molecule has 124 valence electrons. The highest BCUT2D eigenvalue weighted by molar-refractivity contribution is 5.45. The van der Waals surface area contributed by atoms with Crippen LogP contribution in [0.25, 0.3) is 0 Å². The van der Waals surface area contributed by atoms with Gasteiger partial charge in [-0.1, -0.05) is 12.1 Å². The fourth-order valence-electron chi connectivity index (χ4n) is 2.52. The Kier molecular flexibility index (Phi) is 7.12. The van der Waals surface area contributed by atoms with E-state index in [4.69, 9.17) is 14.2 Å². The molecule has 1 fully saturated rings. The Balaban J connectivity index is 1.69. The van der Waals surface area contributed by atoms with Gasteiger partial charge in [0.2, 0.25) is 0 Å². The summed E-state index contributed by atoms with van der Waals surface area (Å²) in [5, 5.41) is 13.1. The molecule has 0 aliphatic carbocycles. The third kappa shape index (κ3) is 5.57. The normalized spacial score (nSPS) is 20.8. The fraction of sp³-hybridized carbons (Fsp3) is 0.647. The fourth-order valence-corrected chi connectivity index (χ4v) is 2.52. The van der Waals surface area contributed by atoms with Crippen LogP contribution in [0.15, 0.2) is 24.3 Å². The van der Waals surface area contributed by atoms with E-state index in [2.05, 4.69) is 29.6 Å². The summed E-state index contributed by atoms with van der Waals surface area (Å²) in [5.41, 5.74) is 2.33. The quantitative estimate of drug-likeness (QED) is 0.731. The molecule has 3 atom stereocenters. The Labute approximate surface area is 132 Å². The van der Waals surface area contributed by atoms with Crippen molar-refractivity contribution in [1.29, 1.82) is 0 Å². The molecule has 1 heterocycles. The van der Waals surface area contributed by atoms with E-state index >= 15 is 0 Å². The summed E-state index contributed by atoms with van der Waals surface area (Å²) in [4.78, 5) is 0. The zero-order chi connectivity index (χ0) is 15.8. The number of nitrogens with one attached hydrogen (secondary N) is 1. The lowest BCUT2D eigenvalue weighted by Crippen LogP contribution is -2.28. The number of benzene rings is 1. The third-order valence-corrected chi connectivity index (χ3v) is 3.83. The summed E-state index contributed by atoms with van der Waals surface area (Å²) in [5.74, 6) is 0.523. The van der Waals surface area contributed by atoms with Crippen LogP contribution in [-0.2, 0) is 14.2 Å². The van der Waals surface area contributed by atoms with E-state index in [9.17, 15) is 5.11 Å². The van der Waals surface area contributed by atoms with E-state index in [1.807, 2.05) is 6.92 Å². The van der Waals surface area contributed by atoms with Crippen molar-refractivity contribution in [3.8, 4) is 0 Å². The molecular weight excluding hydrogens is 282 g/mol. The van der Waals surface area contributed by atoms with E-state index in [0.717, 1.165) is 25.3 Å². The van der Waals surface area contributed by atoms with Gasteiger partial charge in [0, 0.05) is 31.9 Å². The molecule has 5 heteroatoms. The second-order valence-corrected chi connectivity index (χ2v) is 5.82. The number of ether oxygens (including phenoxy) is 3. The second-order valence-electron chi connectivity index (χ2n) is 5.82. The van der Waals surface area contributed by atoms with Gasteiger partial charge in [-0.3, -0.25) is 0 Å². The predicted molar refractivity (Wildman–Crippen MR) is 86.4 cm³/mol. The van der Waals surface area contributed by atoms with Crippen LogP contribution in [0.2, 0.25) is 0 Å². The van der Waals surface area contributed by atoms with Gasteiger partial charge in [-0.05, 0) is 31.0 Å². The number of aliphatic hydroxyl groups is 1. The van der Waals surface area contributed by atoms with Gasteiger partial charge in [0.05, 0.1) is 32.0 Å². The first-order valence-corrected chi connectivity index (χ1v) is 7.89. The maximum atomic E-state index is 9.91. The Bertz CT molecular complexity index is 417. The van der Waals surface area contributed by atoms with Gasteiger partial charge in [0.25, 0.3) is 0 Å². The minimum Gasteiger partial charge on any atom is -0.389 e. The van der Waals surface area contributed by atoms with Gasteiger partial charge in [-0.15, -0.1) is 0 Å². The molecule has 1 aliphatic rings. The first-order valence-electron chi connectivity index (χ1n) is 7.89. The smallest absolute Gasteiger partial charge is 0.0945 e. The lowest BCUT2D eigenvalue weighted by atomic mass is 9.98. The third-order valence-electron chi connectivity index (χ3n) is 3.83. The van der Waals surface area contributed by atoms with Crippen LogP contribution < -0.4 is 5.32 Å². The monoisotopic (exact) mass is 309 g/mol. The number of methoxy groups -OCH3 is 1. The largest absolute Gasteiger partial charge is 0.389 e. The van der Waals surface area contributed by atoms with Crippen LogP contribution >= 0.6 is 0 Å². The van der Waals surface area contributed by atoms with Crippen molar-refractivity contribution in [3.05, 3.63) is 29.8 Å². The van der Waals surface area contributed by atoms with Crippen molar-refractivity contribution in [3.63, 3.8) is 0 Å². The molecule has 0 radical (unpaired) electrons. The van der Waals surface area contributed by atoms with Crippen LogP contribution in [0, 0.1) is 0 Å². The summed E-state index contributed by atoms with van der Waals surface area (Å²) >= 11 is 0. The number of aliphatic hydroxyl groups excluding tert-OH is 1. The van der Waals surface area contributed by atoms with Crippen LogP contribution in [0.4, 0.5) is 5.69 Å². The van der Waals surface area contributed by atoms with E-state index in [1.54, 1.807) is 7.11 Å². The molecule has 0 spiro atoms. The van der Waals surface area contributed by atoms with E-state index in [0.29, 0.717) is 25.7 Å². The maximum absolute atomic E-state index is 9.91. The van der Waals surface area contributed by atoms with Crippen LogP contribution in [0.1, 0.15) is 24.8 Å². The van der Waals surface area contributed by atoms with Gasteiger partial charge in [-0.2, -0.15) is 0 Å². The first-order chi connectivity index (χ1) is 10.7. The van der Waals surface area contributed by atoms with Crippen LogP contribution in [-0.4, -0.2) is 57.4 Å². The van der Waals surface area contributed by atoms with Gasteiger partial charge >= 0.3 is 0 Å². The van der Waals surface area contributed by atoms with Crippen molar-refractivity contribution in [2.75, 3.05) is 45.4 Å². The Morgan fingerprint density at radius 2 is 2.09 bits per heavy atom. The molecule has 3 unspecified atom stereocenters. The Hall–Kier alpha value is -1.14. The number of hydrogen-bond donors (Lipinski definition) is 2. The summed E-state index contributed by atoms with van der Waals surface area (Å²) in [6.07, 6.45) is 0.553. The molecule has 0 aromatic heterocycles. The molecule has 1 aromatic carbocycles. The molecule has 1 aromatic rings. The zero-order valence-electron chi connectivity index (χ0n) is 13.5. The minimum absolute atomic E-state index is 0.00689.